The molecule has 0 saturated heterocycles. The lowest BCUT2D eigenvalue weighted by atomic mass is 10.1. The van der Waals surface area contributed by atoms with Crippen LogP contribution >= 0.6 is 0 Å². The number of oxazole rings is 1. The van der Waals surface area contributed by atoms with Crippen molar-refractivity contribution in [1.29, 1.82) is 0 Å². The molecule has 16 heavy (non-hydrogen) atoms. The molecule has 1 aromatic rings. The molecule has 0 saturated carbocycles. The minimum Gasteiger partial charge on any atom is -0.444 e. The number of nitrogens with zero attached hydrogens (tertiary/aromatic N) is 1. The molecule has 1 aromatic heterocycles. The zero-order valence-electron chi connectivity index (χ0n) is 9.99. The summed E-state index contributed by atoms with van der Waals surface area (Å²) in [5, 5.41) is 2.84. The lowest BCUT2D eigenvalue weighted by Crippen LogP contribution is -2.32. The molecule has 1 amide bonds. The van der Waals surface area contributed by atoms with Gasteiger partial charge in [0.1, 0.15) is 11.8 Å². The van der Waals surface area contributed by atoms with E-state index in [1.54, 1.807) is 6.20 Å². The molecule has 1 heterocycles. The van der Waals surface area contributed by atoms with E-state index in [-0.39, 0.29) is 17.9 Å². The van der Waals surface area contributed by atoms with E-state index in [0.29, 0.717) is 18.9 Å². The minimum absolute atomic E-state index is 0.0196. The van der Waals surface area contributed by atoms with Gasteiger partial charge in [0, 0.05) is 5.92 Å². The first-order chi connectivity index (χ1) is 7.54. The van der Waals surface area contributed by atoms with Gasteiger partial charge in [-0.3, -0.25) is 4.79 Å². The van der Waals surface area contributed by atoms with Gasteiger partial charge in [0.15, 0.2) is 0 Å². The molecule has 5 heteroatoms. The molecule has 0 radical (unpaired) electrons. The van der Waals surface area contributed by atoms with Gasteiger partial charge >= 0.3 is 0 Å². The van der Waals surface area contributed by atoms with Crippen molar-refractivity contribution in [2.75, 3.05) is 6.54 Å². The van der Waals surface area contributed by atoms with Gasteiger partial charge in [0.05, 0.1) is 6.20 Å². The summed E-state index contributed by atoms with van der Waals surface area (Å²) in [6.45, 7) is 6.04. The molecule has 0 aliphatic rings. The van der Waals surface area contributed by atoms with Gasteiger partial charge in [-0.15, -0.1) is 0 Å². The zero-order valence-corrected chi connectivity index (χ0v) is 9.99. The van der Waals surface area contributed by atoms with E-state index in [0.717, 1.165) is 5.76 Å². The number of hydrogen-bond acceptors (Lipinski definition) is 4. The van der Waals surface area contributed by atoms with E-state index in [2.05, 4.69) is 10.3 Å². The monoisotopic (exact) mass is 225 g/mol. The SMILES string of the molecule is Cc1cnc(C(C)NC(=O)C(C)CCN)o1. The number of hydrogen-bond donors (Lipinski definition) is 2. The molecule has 0 fully saturated rings. The molecule has 5 nitrogen and oxygen atoms in total. The summed E-state index contributed by atoms with van der Waals surface area (Å²) >= 11 is 0. The van der Waals surface area contributed by atoms with Crippen LogP contribution in [0.4, 0.5) is 0 Å². The standard InChI is InChI=1S/C11H19N3O2/c1-7(4-5-12)10(15)14-9(3)11-13-6-8(2)16-11/h6-7,9H,4-5,12H2,1-3H3,(H,14,15). The van der Waals surface area contributed by atoms with E-state index >= 15 is 0 Å². The highest BCUT2D eigenvalue weighted by Crippen LogP contribution is 2.13. The fraction of sp³-hybridized carbons (Fsp3) is 0.636. The topological polar surface area (TPSA) is 81.2 Å². The van der Waals surface area contributed by atoms with E-state index in [1.807, 2.05) is 20.8 Å². The Labute approximate surface area is 95.4 Å². The van der Waals surface area contributed by atoms with Crippen LogP contribution in [0.25, 0.3) is 0 Å². The summed E-state index contributed by atoms with van der Waals surface area (Å²) in [5.41, 5.74) is 5.40. The maximum Gasteiger partial charge on any atom is 0.223 e. The number of carbonyl (C=O) groups is 1. The van der Waals surface area contributed by atoms with Crippen LogP contribution in [0.15, 0.2) is 10.6 Å². The number of nitrogens with two attached hydrogens (primary N) is 1. The van der Waals surface area contributed by atoms with E-state index in [4.69, 9.17) is 10.2 Å². The molecule has 0 aliphatic heterocycles. The van der Waals surface area contributed by atoms with Crippen molar-refractivity contribution in [3.05, 3.63) is 17.8 Å². The molecule has 2 atom stereocenters. The van der Waals surface area contributed by atoms with Crippen LogP contribution < -0.4 is 11.1 Å². The Balaban J connectivity index is 2.51. The number of amides is 1. The Morgan fingerprint density at radius 2 is 2.31 bits per heavy atom. The number of carbonyl (C=O) groups excluding carboxylic acids is 1. The highest BCUT2D eigenvalue weighted by molar-refractivity contribution is 5.78. The summed E-state index contributed by atoms with van der Waals surface area (Å²) in [6, 6.07) is -0.207. The number of aromatic nitrogens is 1. The fourth-order valence-corrected chi connectivity index (χ4v) is 1.37. The van der Waals surface area contributed by atoms with Crippen molar-refractivity contribution in [2.45, 2.75) is 33.2 Å². The van der Waals surface area contributed by atoms with Crippen LogP contribution in [0, 0.1) is 12.8 Å². The van der Waals surface area contributed by atoms with Crippen LogP contribution in [0.5, 0.6) is 0 Å². The van der Waals surface area contributed by atoms with E-state index in [9.17, 15) is 4.79 Å². The van der Waals surface area contributed by atoms with Gasteiger partial charge in [-0.2, -0.15) is 0 Å². The summed E-state index contributed by atoms with van der Waals surface area (Å²) < 4.78 is 5.34. The third kappa shape index (κ3) is 3.34. The fourth-order valence-electron chi connectivity index (χ4n) is 1.37. The summed E-state index contributed by atoms with van der Waals surface area (Å²) in [4.78, 5) is 15.8. The normalized spacial score (nSPS) is 14.5. The van der Waals surface area contributed by atoms with Crippen molar-refractivity contribution in [2.24, 2.45) is 11.7 Å². The molecular formula is C11H19N3O2. The van der Waals surface area contributed by atoms with Gasteiger partial charge in [0.2, 0.25) is 11.8 Å². The van der Waals surface area contributed by atoms with Crippen molar-refractivity contribution < 1.29 is 9.21 Å². The summed E-state index contributed by atoms with van der Waals surface area (Å²) in [7, 11) is 0. The van der Waals surface area contributed by atoms with Gasteiger partial charge in [0.25, 0.3) is 0 Å². The number of rotatable bonds is 5. The second-order valence-corrected chi connectivity index (χ2v) is 4.02. The van der Waals surface area contributed by atoms with Gasteiger partial charge < -0.3 is 15.5 Å². The van der Waals surface area contributed by atoms with Crippen molar-refractivity contribution in [3.8, 4) is 0 Å². The Morgan fingerprint density at radius 3 is 2.81 bits per heavy atom. The Kier molecular flexibility index (Phi) is 4.49. The second-order valence-electron chi connectivity index (χ2n) is 4.02. The molecule has 0 aliphatic carbocycles. The molecule has 3 N–H and O–H groups in total. The molecule has 1 rings (SSSR count). The maximum atomic E-state index is 11.7. The van der Waals surface area contributed by atoms with Gasteiger partial charge in [-0.05, 0) is 26.8 Å². The van der Waals surface area contributed by atoms with Gasteiger partial charge in [-0.1, -0.05) is 6.92 Å². The zero-order chi connectivity index (χ0) is 12.1. The first-order valence-electron chi connectivity index (χ1n) is 5.47. The van der Waals surface area contributed by atoms with Crippen molar-refractivity contribution >= 4 is 5.91 Å². The van der Waals surface area contributed by atoms with E-state index in [1.165, 1.54) is 0 Å². The average Bonchev–Trinajstić information content (AvgIpc) is 2.65. The van der Waals surface area contributed by atoms with Crippen molar-refractivity contribution in [1.82, 2.24) is 10.3 Å². The highest BCUT2D eigenvalue weighted by atomic mass is 16.4. The Hall–Kier alpha value is -1.36. The largest absolute Gasteiger partial charge is 0.444 e. The van der Waals surface area contributed by atoms with Crippen LogP contribution in [0.1, 0.15) is 38.0 Å². The average molecular weight is 225 g/mol. The second kappa shape index (κ2) is 5.65. The van der Waals surface area contributed by atoms with Crippen LogP contribution in [-0.4, -0.2) is 17.4 Å². The molecule has 0 spiro atoms. The highest BCUT2D eigenvalue weighted by Gasteiger charge is 2.18. The molecule has 2 unspecified atom stereocenters. The van der Waals surface area contributed by atoms with Crippen molar-refractivity contribution in [3.63, 3.8) is 0 Å². The summed E-state index contributed by atoms with van der Waals surface area (Å²) in [6.07, 6.45) is 2.32. The quantitative estimate of drug-likeness (QED) is 0.787. The number of nitrogens with one attached hydrogen (secondary N) is 1. The Morgan fingerprint density at radius 1 is 1.62 bits per heavy atom. The maximum absolute atomic E-state index is 11.7. The third-order valence-electron chi connectivity index (χ3n) is 2.42. The van der Waals surface area contributed by atoms with Crippen LogP contribution in [0.2, 0.25) is 0 Å². The van der Waals surface area contributed by atoms with E-state index < -0.39 is 0 Å². The lowest BCUT2D eigenvalue weighted by molar-refractivity contribution is -0.125. The molecular weight excluding hydrogens is 206 g/mol. The van der Waals surface area contributed by atoms with Crippen LogP contribution in [-0.2, 0) is 4.79 Å². The lowest BCUT2D eigenvalue weighted by Gasteiger charge is -2.14. The van der Waals surface area contributed by atoms with Crippen LogP contribution in [0.3, 0.4) is 0 Å². The third-order valence-corrected chi connectivity index (χ3v) is 2.42. The Bertz CT molecular complexity index is 349. The smallest absolute Gasteiger partial charge is 0.223 e. The molecule has 90 valence electrons. The van der Waals surface area contributed by atoms with Gasteiger partial charge in [-0.25, -0.2) is 4.98 Å². The first-order valence-corrected chi connectivity index (χ1v) is 5.47. The first kappa shape index (κ1) is 12.7. The predicted molar refractivity (Wildman–Crippen MR) is 60.6 cm³/mol. The summed E-state index contributed by atoms with van der Waals surface area (Å²) in [5.74, 6) is 1.18. The minimum atomic E-state index is -0.207. The predicted octanol–water partition coefficient (Wildman–Crippen LogP) is 1.15. The molecule has 0 bridgehead atoms. The number of aryl methyl sites for hydroxylation is 1. The molecule has 0 aromatic carbocycles.